The fourth-order valence-electron chi connectivity index (χ4n) is 2.05. The highest BCUT2D eigenvalue weighted by Crippen LogP contribution is 2.22. The van der Waals surface area contributed by atoms with E-state index in [4.69, 9.17) is 27.7 Å². The van der Waals surface area contributed by atoms with Gasteiger partial charge in [0.25, 0.3) is 0 Å². The molecule has 1 heterocycles. The van der Waals surface area contributed by atoms with Crippen LogP contribution in [0.4, 0.5) is 0 Å². The SMILES string of the molecule is O=C(C=Cc1ccc(Cl)cc1Cl)NCc1nc(-c2ccccc2)no1. The molecule has 0 radical (unpaired) electrons. The van der Waals surface area contributed by atoms with Gasteiger partial charge < -0.3 is 9.84 Å². The standard InChI is InChI=1S/C18H13Cl2N3O2/c19-14-8-6-12(15(20)10-14)7-9-16(24)21-11-17-22-18(23-25-17)13-4-2-1-3-5-13/h1-10H,11H2,(H,21,24). The molecular formula is C18H13Cl2N3O2. The van der Waals surface area contributed by atoms with Gasteiger partial charge in [0.15, 0.2) is 0 Å². The van der Waals surface area contributed by atoms with E-state index in [1.165, 1.54) is 6.08 Å². The Balaban J connectivity index is 1.57. The molecule has 1 N–H and O–H groups in total. The van der Waals surface area contributed by atoms with E-state index < -0.39 is 0 Å². The van der Waals surface area contributed by atoms with Crippen molar-refractivity contribution in [1.82, 2.24) is 15.5 Å². The number of halogens is 2. The zero-order valence-electron chi connectivity index (χ0n) is 12.9. The molecule has 0 atom stereocenters. The van der Waals surface area contributed by atoms with Crippen LogP contribution in [-0.2, 0) is 11.3 Å². The van der Waals surface area contributed by atoms with Gasteiger partial charge in [-0.15, -0.1) is 0 Å². The Morgan fingerprint density at radius 2 is 1.96 bits per heavy atom. The van der Waals surface area contributed by atoms with Crippen LogP contribution in [0.5, 0.6) is 0 Å². The summed E-state index contributed by atoms with van der Waals surface area (Å²) in [6.45, 7) is 0.136. The van der Waals surface area contributed by atoms with E-state index >= 15 is 0 Å². The second kappa shape index (κ2) is 7.96. The summed E-state index contributed by atoms with van der Waals surface area (Å²) in [6.07, 6.45) is 2.99. The number of aromatic nitrogens is 2. The molecule has 7 heteroatoms. The Hall–Kier alpha value is -2.63. The Labute approximate surface area is 154 Å². The first-order valence-electron chi connectivity index (χ1n) is 7.41. The minimum absolute atomic E-state index is 0.136. The molecule has 0 saturated carbocycles. The molecule has 0 aliphatic heterocycles. The van der Waals surface area contributed by atoms with Gasteiger partial charge in [-0.2, -0.15) is 4.98 Å². The molecule has 0 saturated heterocycles. The van der Waals surface area contributed by atoms with Crippen molar-refractivity contribution < 1.29 is 9.32 Å². The first kappa shape index (κ1) is 17.2. The maximum Gasteiger partial charge on any atom is 0.246 e. The topological polar surface area (TPSA) is 68.0 Å². The van der Waals surface area contributed by atoms with Gasteiger partial charge in [-0.05, 0) is 23.8 Å². The summed E-state index contributed by atoms with van der Waals surface area (Å²) in [4.78, 5) is 16.1. The molecule has 1 amide bonds. The van der Waals surface area contributed by atoms with E-state index in [1.54, 1.807) is 24.3 Å². The third-order valence-corrected chi connectivity index (χ3v) is 3.85. The number of benzene rings is 2. The molecule has 3 aromatic rings. The Morgan fingerprint density at radius 1 is 1.16 bits per heavy atom. The third-order valence-electron chi connectivity index (χ3n) is 3.29. The number of rotatable bonds is 5. The number of nitrogens with one attached hydrogen (secondary N) is 1. The number of nitrogens with zero attached hydrogens (tertiary/aromatic N) is 2. The van der Waals surface area contributed by atoms with Gasteiger partial charge in [0.2, 0.25) is 17.6 Å². The average Bonchev–Trinajstić information content (AvgIpc) is 3.09. The number of carbonyl (C=O) groups is 1. The van der Waals surface area contributed by atoms with Gasteiger partial charge in [0.05, 0.1) is 6.54 Å². The van der Waals surface area contributed by atoms with Crippen LogP contribution in [0.15, 0.2) is 59.1 Å². The van der Waals surface area contributed by atoms with Crippen LogP contribution >= 0.6 is 23.2 Å². The van der Waals surface area contributed by atoms with Crippen molar-refractivity contribution in [2.45, 2.75) is 6.54 Å². The number of hydrogen-bond acceptors (Lipinski definition) is 4. The Bertz CT molecular complexity index is 908. The van der Waals surface area contributed by atoms with Crippen molar-refractivity contribution in [2.24, 2.45) is 0 Å². The normalized spacial score (nSPS) is 11.0. The van der Waals surface area contributed by atoms with Crippen molar-refractivity contribution >= 4 is 35.2 Å². The van der Waals surface area contributed by atoms with E-state index in [1.807, 2.05) is 30.3 Å². The highest BCUT2D eigenvalue weighted by Gasteiger charge is 2.08. The first-order valence-corrected chi connectivity index (χ1v) is 8.16. The summed E-state index contributed by atoms with van der Waals surface area (Å²) in [7, 11) is 0. The monoisotopic (exact) mass is 373 g/mol. The number of carbonyl (C=O) groups excluding carboxylic acids is 1. The third kappa shape index (κ3) is 4.68. The van der Waals surface area contributed by atoms with Crippen LogP contribution in [0.25, 0.3) is 17.5 Å². The molecule has 0 fully saturated rings. The lowest BCUT2D eigenvalue weighted by atomic mass is 10.2. The van der Waals surface area contributed by atoms with Crippen molar-refractivity contribution in [2.75, 3.05) is 0 Å². The van der Waals surface area contributed by atoms with Gasteiger partial charge in [0, 0.05) is 21.7 Å². The predicted octanol–water partition coefficient (Wildman–Crippen LogP) is 4.37. The van der Waals surface area contributed by atoms with Crippen LogP contribution in [0.3, 0.4) is 0 Å². The molecule has 0 unspecified atom stereocenters. The highest BCUT2D eigenvalue weighted by molar-refractivity contribution is 6.35. The summed E-state index contributed by atoms with van der Waals surface area (Å²) in [5, 5.41) is 7.58. The largest absolute Gasteiger partial charge is 0.343 e. The molecule has 0 spiro atoms. The summed E-state index contributed by atoms with van der Waals surface area (Å²) < 4.78 is 5.13. The average molecular weight is 374 g/mol. The molecule has 2 aromatic carbocycles. The van der Waals surface area contributed by atoms with Crippen LogP contribution in [-0.4, -0.2) is 16.0 Å². The smallest absolute Gasteiger partial charge is 0.246 e. The van der Waals surface area contributed by atoms with E-state index in [0.717, 1.165) is 5.56 Å². The lowest BCUT2D eigenvalue weighted by Gasteiger charge is -1.99. The van der Waals surface area contributed by atoms with Crippen molar-refractivity contribution in [3.05, 3.63) is 76.1 Å². The van der Waals surface area contributed by atoms with Crippen LogP contribution in [0.1, 0.15) is 11.5 Å². The van der Waals surface area contributed by atoms with Crippen molar-refractivity contribution in [3.8, 4) is 11.4 Å². The summed E-state index contributed by atoms with van der Waals surface area (Å²) >= 11 is 11.9. The molecule has 25 heavy (non-hydrogen) atoms. The summed E-state index contributed by atoms with van der Waals surface area (Å²) in [6, 6.07) is 14.5. The zero-order valence-corrected chi connectivity index (χ0v) is 14.5. The van der Waals surface area contributed by atoms with Crippen LogP contribution < -0.4 is 5.32 Å². The summed E-state index contributed by atoms with van der Waals surface area (Å²) in [5.74, 6) is 0.504. The highest BCUT2D eigenvalue weighted by atomic mass is 35.5. The summed E-state index contributed by atoms with van der Waals surface area (Å²) in [5.41, 5.74) is 1.55. The van der Waals surface area contributed by atoms with E-state index in [-0.39, 0.29) is 12.5 Å². The van der Waals surface area contributed by atoms with Crippen LogP contribution in [0, 0.1) is 0 Å². The molecule has 3 rings (SSSR count). The maximum atomic E-state index is 11.9. The minimum Gasteiger partial charge on any atom is -0.343 e. The number of amides is 1. The second-order valence-electron chi connectivity index (χ2n) is 5.09. The van der Waals surface area contributed by atoms with Gasteiger partial charge >= 0.3 is 0 Å². The van der Waals surface area contributed by atoms with Gasteiger partial charge in [-0.3, -0.25) is 4.79 Å². The zero-order chi connectivity index (χ0) is 17.6. The molecular weight excluding hydrogens is 361 g/mol. The van der Waals surface area contributed by atoms with Crippen molar-refractivity contribution in [3.63, 3.8) is 0 Å². The molecule has 1 aromatic heterocycles. The minimum atomic E-state index is -0.300. The number of hydrogen-bond donors (Lipinski definition) is 1. The van der Waals surface area contributed by atoms with Gasteiger partial charge in [0.1, 0.15) is 0 Å². The van der Waals surface area contributed by atoms with E-state index in [0.29, 0.717) is 27.3 Å². The first-order chi connectivity index (χ1) is 12.1. The molecule has 126 valence electrons. The van der Waals surface area contributed by atoms with E-state index in [2.05, 4.69) is 15.5 Å². The quantitative estimate of drug-likeness (QED) is 0.674. The van der Waals surface area contributed by atoms with Gasteiger partial charge in [-0.1, -0.05) is 64.8 Å². The fourth-order valence-corrected chi connectivity index (χ4v) is 2.53. The molecule has 5 nitrogen and oxygen atoms in total. The van der Waals surface area contributed by atoms with Gasteiger partial charge in [-0.25, -0.2) is 0 Å². The fraction of sp³-hybridized carbons (Fsp3) is 0.0556. The predicted molar refractivity (Wildman–Crippen MR) is 97.1 cm³/mol. The van der Waals surface area contributed by atoms with Crippen molar-refractivity contribution in [1.29, 1.82) is 0 Å². The lowest BCUT2D eigenvalue weighted by Crippen LogP contribution is -2.20. The molecule has 0 aliphatic rings. The van der Waals surface area contributed by atoms with Crippen LogP contribution in [0.2, 0.25) is 10.0 Å². The lowest BCUT2D eigenvalue weighted by molar-refractivity contribution is -0.116. The Kier molecular flexibility index (Phi) is 5.48. The molecule has 0 bridgehead atoms. The maximum absolute atomic E-state index is 11.9. The van der Waals surface area contributed by atoms with E-state index in [9.17, 15) is 4.79 Å². The second-order valence-corrected chi connectivity index (χ2v) is 5.94. The Morgan fingerprint density at radius 3 is 2.72 bits per heavy atom. The molecule has 0 aliphatic carbocycles.